The Kier molecular flexibility index (Phi) is 5.31. The van der Waals surface area contributed by atoms with Crippen LogP contribution in [-0.4, -0.2) is 21.8 Å². The molecule has 1 aromatic heterocycles. The monoisotopic (exact) mass is 343 g/mol. The van der Waals surface area contributed by atoms with E-state index in [1.165, 1.54) is 24.0 Å². The van der Waals surface area contributed by atoms with Gasteiger partial charge >= 0.3 is 0 Å². The van der Waals surface area contributed by atoms with Crippen molar-refractivity contribution in [1.29, 1.82) is 0 Å². The van der Waals surface area contributed by atoms with Gasteiger partial charge in [-0.05, 0) is 37.5 Å². The zero-order chi connectivity index (χ0) is 17.1. The van der Waals surface area contributed by atoms with Gasteiger partial charge in [-0.2, -0.15) is 0 Å². The van der Waals surface area contributed by atoms with Gasteiger partial charge in [-0.15, -0.1) is 11.3 Å². The van der Waals surface area contributed by atoms with Gasteiger partial charge in [0.25, 0.3) is 0 Å². The van der Waals surface area contributed by atoms with Crippen molar-refractivity contribution in [2.24, 2.45) is 0 Å². The lowest BCUT2D eigenvalue weighted by Gasteiger charge is -2.23. The van der Waals surface area contributed by atoms with Gasteiger partial charge < -0.3 is 5.32 Å². The first kappa shape index (κ1) is 17.1. The fourth-order valence-electron chi connectivity index (χ4n) is 3.32. The average Bonchev–Trinajstić information content (AvgIpc) is 3.14. The van der Waals surface area contributed by atoms with Crippen LogP contribution in [0.15, 0.2) is 23.6 Å². The van der Waals surface area contributed by atoms with Gasteiger partial charge in [0.1, 0.15) is 0 Å². The lowest BCUT2D eigenvalue weighted by atomic mass is 10.1. The van der Waals surface area contributed by atoms with Crippen molar-refractivity contribution in [3.05, 3.63) is 45.4 Å². The smallest absolute Gasteiger partial charge is 0.230 e. The Hall–Kier alpha value is -1.72. The number of thiazole rings is 1. The Labute approximate surface area is 147 Å². The highest BCUT2D eigenvalue weighted by atomic mass is 32.1. The van der Waals surface area contributed by atoms with Crippen LogP contribution in [0.25, 0.3) is 0 Å². The number of hydrogen-bond donors (Lipinski definition) is 1. The Bertz CT molecular complexity index is 725. The van der Waals surface area contributed by atoms with E-state index in [2.05, 4.69) is 35.1 Å². The van der Waals surface area contributed by atoms with Gasteiger partial charge in [-0.1, -0.05) is 25.5 Å². The topological polar surface area (TPSA) is 45.2 Å². The third kappa shape index (κ3) is 3.84. The van der Waals surface area contributed by atoms with Crippen LogP contribution < -0.4 is 5.32 Å². The number of nitrogens with one attached hydrogen (secondary N) is 1. The molecule has 1 aliphatic heterocycles. The van der Waals surface area contributed by atoms with Crippen molar-refractivity contribution in [1.82, 2.24) is 9.88 Å². The number of rotatable bonds is 6. The van der Waals surface area contributed by atoms with Gasteiger partial charge in [-0.3, -0.25) is 9.69 Å². The van der Waals surface area contributed by atoms with Crippen molar-refractivity contribution in [3.8, 4) is 0 Å². The van der Waals surface area contributed by atoms with Crippen LogP contribution in [0.2, 0.25) is 0 Å². The number of aromatic nitrogens is 1. The normalized spacial score (nSPS) is 15.3. The van der Waals surface area contributed by atoms with Crippen molar-refractivity contribution < 1.29 is 4.79 Å². The highest BCUT2D eigenvalue weighted by Crippen LogP contribution is 2.31. The summed E-state index contributed by atoms with van der Waals surface area (Å²) in [4.78, 5) is 19.2. The van der Waals surface area contributed by atoms with Crippen LogP contribution in [0.4, 0.5) is 5.69 Å². The van der Waals surface area contributed by atoms with E-state index >= 15 is 0 Å². The van der Waals surface area contributed by atoms with Crippen LogP contribution >= 0.6 is 11.3 Å². The van der Waals surface area contributed by atoms with Crippen molar-refractivity contribution in [2.75, 3.05) is 5.32 Å². The molecule has 2 heterocycles. The summed E-state index contributed by atoms with van der Waals surface area (Å²) in [7, 11) is 0. The Morgan fingerprint density at radius 3 is 2.96 bits per heavy atom. The molecule has 0 spiro atoms. The van der Waals surface area contributed by atoms with Gasteiger partial charge in [0.15, 0.2) is 0 Å². The largest absolute Gasteiger partial charge is 0.325 e. The summed E-state index contributed by atoms with van der Waals surface area (Å²) >= 11 is 1.58. The summed E-state index contributed by atoms with van der Waals surface area (Å²) in [6, 6.07) is 6.80. The molecule has 1 aliphatic rings. The summed E-state index contributed by atoms with van der Waals surface area (Å²) in [5, 5.41) is 6.05. The number of carbonyl (C=O) groups is 1. The Morgan fingerprint density at radius 2 is 2.25 bits per heavy atom. The minimum absolute atomic E-state index is 0.00811. The number of nitrogens with zero attached hydrogens (tertiary/aromatic N) is 2. The second-order valence-electron chi connectivity index (χ2n) is 6.57. The predicted molar refractivity (Wildman–Crippen MR) is 99.2 cm³/mol. The molecular formula is C19H25N3OS. The predicted octanol–water partition coefficient (Wildman–Crippen LogP) is 4.14. The average molecular weight is 343 g/mol. The quantitative estimate of drug-likeness (QED) is 0.857. The van der Waals surface area contributed by atoms with Gasteiger partial charge in [-0.25, -0.2) is 4.98 Å². The number of carbonyl (C=O) groups excluding carboxylic acids is 1. The number of aryl methyl sites for hydroxylation is 1. The summed E-state index contributed by atoms with van der Waals surface area (Å²) in [5.41, 5.74) is 4.40. The molecule has 0 fully saturated rings. The molecule has 1 atom stereocenters. The highest BCUT2D eigenvalue weighted by Gasteiger charge is 2.25. The van der Waals surface area contributed by atoms with Crippen LogP contribution in [0.3, 0.4) is 0 Å². The maximum Gasteiger partial charge on any atom is 0.230 e. The maximum absolute atomic E-state index is 12.3. The molecule has 0 aliphatic carbocycles. The van der Waals surface area contributed by atoms with E-state index in [0.717, 1.165) is 29.5 Å². The molecule has 128 valence electrons. The van der Waals surface area contributed by atoms with E-state index in [1.54, 1.807) is 11.3 Å². The number of amides is 1. The third-order valence-electron chi connectivity index (χ3n) is 4.62. The number of benzene rings is 1. The van der Waals surface area contributed by atoms with Crippen LogP contribution in [0.5, 0.6) is 0 Å². The minimum Gasteiger partial charge on any atom is -0.325 e. The Morgan fingerprint density at radius 1 is 1.42 bits per heavy atom. The van der Waals surface area contributed by atoms with Crippen LogP contribution in [0.1, 0.15) is 48.5 Å². The fraction of sp³-hybridized carbons (Fsp3) is 0.474. The summed E-state index contributed by atoms with van der Waals surface area (Å²) < 4.78 is 0. The van der Waals surface area contributed by atoms with E-state index in [-0.39, 0.29) is 5.91 Å². The maximum atomic E-state index is 12.3. The zero-order valence-electron chi connectivity index (χ0n) is 14.6. The van der Waals surface area contributed by atoms with E-state index < -0.39 is 0 Å². The van der Waals surface area contributed by atoms with Crippen LogP contribution in [0, 0.1) is 6.92 Å². The van der Waals surface area contributed by atoms with E-state index in [0.29, 0.717) is 12.5 Å². The molecule has 1 amide bonds. The first-order valence-electron chi connectivity index (χ1n) is 8.62. The zero-order valence-corrected chi connectivity index (χ0v) is 15.4. The third-order valence-corrected chi connectivity index (χ3v) is 5.44. The van der Waals surface area contributed by atoms with Crippen molar-refractivity contribution in [2.45, 2.75) is 59.2 Å². The molecule has 0 unspecified atom stereocenters. The molecule has 1 N–H and O–H groups in total. The van der Waals surface area contributed by atoms with E-state index in [4.69, 9.17) is 0 Å². The molecule has 24 heavy (non-hydrogen) atoms. The summed E-state index contributed by atoms with van der Waals surface area (Å²) in [5.74, 6) is 0.00811. The summed E-state index contributed by atoms with van der Waals surface area (Å²) in [6.07, 6.45) is 2.74. The Balaban J connectivity index is 1.68. The molecule has 0 bridgehead atoms. The first-order chi connectivity index (χ1) is 11.6. The molecule has 0 saturated carbocycles. The van der Waals surface area contributed by atoms with Gasteiger partial charge in [0.05, 0.1) is 17.1 Å². The number of anilines is 1. The molecule has 3 rings (SSSR count). The molecule has 1 aromatic carbocycles. The fourth-order valence-corrected chi connectivity index (χ4v) is 3.94. The highest BCUT2D eigenvalue weighted by molar-refractivity contribution is 7.09. The van der Waals surface area contributed by atoms with Crippen molar-refractivity contribution >= 4 is 22.9 Å². The SMILES string of the molecule is CCC[C@@H](C)N1Cc2cccc(NC(=O)Cc3csc(C)n3)c2C1. The lowest BCUT2D eigenvalue weighted by molar-refractivity contribution is -0.115. The first-order valence-corrected chi connectivity index (χ1v) is 9.50. The molecule has 0 radical (unpaired) electrons. The molecule has 5 heteroatoms. The van der Waals surface area contributed by atoms with Crippen LogP contribution in [-0.2, 0) is 24.3 Å². The number of fused-ring (bicyclic) bond motifs is 1. The second-order valence-corrected chi connectivity index (χ2v) is 7.63. The summed E-state index contributed by atoms with van der Waals surface area (Å²) in [6.45, 7) is 8.38. The van der Waals surface area contributed by atoms with E-state index in [9.17, 15) is 4.79 Å². The molecular weight excluding hydrogens is 318 g/mol. The van der Waals surface area contributed by atoms with Gasteiger partial charge in [0.2, 0.25) is 5.91 Å². The molecule has 2 aromatic rings. The molecule has 4 nitrogen and oxygen atoms in total. The van der Waals surface area contributed by atoms with E-state index in [1.807, 2.05) is 24.4 Å². The minimum atomic E-state index is 0.00811. The lowest BCUT2D eigenvalue weighted by Crippen LogP contribution is -2.27. The standard InChI is InChI=1S/C19H25N3OS/c1-4-6-13(2)22-10-15-7-5-8-18(17(15)11-22)21-19(23)9-16-12-24-14(3)20-16/h5,7-8,12-13H,4,6,9-11H2,1-3H3,(H,21,23)/t13-/m1/s1. The van der Waals surface area contributed by atoms with Crippen molar-refractivity contribution in [3.63, 3.8) is 0 Å². The molecule has 0 saturated heterocycles. The second kappa shape index (κ2) is 7.45. The number of hydrogen-bond acceptors (Lipinski definition) is 4. The van der Waals surface area contributed by atoms with Gasteiger partial charge in [0, 0.05) is 30.2 Å².